The first-order chi connectivity index (χ1) is 19.4. The molecule has 8 N–H and O–H groups in total. The van der Waals surface area contributed by atoms with Crippen LogP contribution in [0.25, 0.3) is 0 Å². The van der Waals surface area contributed by atoms with E-state index in [9.17, 15) is 20.4 Å². The van der Waals surface area contributed by atoms with E-state index >= 15 is 0 Å². The molecule has 0 amide bonds. The van der Waals surface area contributed by atoms with Crippen LogP contribution in [0.2, 0.25) is 0 Å². The molecule has 0 aliphatic carbocycles. The van der Waals surface area contributed by atoms with Crippen molar-refractivity contribution in [2.45, 2.75) is 0 Å². The van der Waals surface area contributed by atoms with Gasteiger partial charge in [-0.2, -0.15) is 0 Å². The van der Waals surface area contributed by atoms with Crippen LogP contribution in [0, 0.1) is 0 Å². The number of hydrogen-bond acceptors (Lipinski definition) is 16. The van der Waals surface area contributed by atoms with Crippen molar-refractivity contribution in [1.29, 1.82) is 0 Å². The van der Waals surface area contributed by atoms with Gasteiger partial charge in [0.25, 0.3) is 0 Å². The van der Waals surface area contributed by atoms with Crippen molar-refractivity contribution >= 4 is 0 Å². The maximum absolute atomic E-state index is 10.1. The molecule has 0 aromatic carbocycles. The van der Waals surface area contributed by atoms with Crippen molar-refractivity contribution < 1.29 is 83.0 Å². The van der Waals surface area contributed by atoms with E-state index in [2.05, 4.69) is 0 Å². The Morgan fingerprint density at radius 1 is 0.268 bits per heavy atom. The molecule has 0 atom stereocenters. The SMILES string of the molecule is [O-]CCN(CCO)CCO.[O-]CCN(CCO)CCO.[O-]CCN(CCO)CCO.[O-]CCN(CCO)CCO.[Ti+4]. The Kier molecular flexibility index (Phi) is 58.1. The van der Waals surface area contributed by atoms with Crippen molar-refractivity contribution in [1.82, 2.24) is 19.6 Å². The van der Waals surface area contributed by atoms with Gasteiger partial charge in [0.2, 0.25) is 0 Å². The van der Waals surface area contributed by atoms with Crippen LogP contribution in [0.5, 0.6) is 0 Å². The molecule has 0 spiro atoms. The van der Waals surface area contributed by atoms with E-state index in [0.717, 1.165) is 0 Å². The fourth-order valence-corrected chi connectivity index (χ4v) is 2.99. The average molecular weight is 641 g/mol. The Bertz CT molecular complexity index is 302. The van der Waals surface area contributed by atoms with Crippen LogP contribution >= 0.6 is 0 Å². The van der Waals surface area contributed by atoms with Gasteiger partial charge >= 0.3 is 21.7 Å². The normalized spacial score (nSPS) is 10.5. The molecule has 41 heavy (non-hydrogen) atoms. The van der Waals surface area contributed by atoms with E-state index in [4.69, 9.17) is 40.9 Å². The predicted molar refractivity (Wildman–Crippen MR) is 142 cm³/mol. The Morgan fingerprint density at radius 3 is 0.463 bits per heavy atom. The number of rotatable bonds is 24. The van der Waals surface area contributed by atoms with E-state index in [-0.39, 0.29) is 101 Å². The zero-order valence-corrected chi connectivity index (χ0v) is 26.0. The third-order valence-electron chi connectivity index (χ3n) is 4.96. The molecule has 0 bridgehead atoms. The van der Waals surface area contributed by atoms with Gasteiger partial charge < -0.3 is 80.9 Å². The zero-order chi connectivity index (χ0) is 31.3. The Hall–Kier alpha value is 0.0743. The molecule has 0 aliphatic rings. The first kappa shape index (κ1) is 50.7. The van der Waals surface area contributed by atoms with Crippen molar-refractivity contribution in [3.63, 3.8) is 0 Å². The Balaban J connectivity index is -0.000000139. The molecule has 0 aliphatic heterocycles. The second kappa shape index (κ2) is 47.0. The van der Waals surface area contributed by atoms with Crippen LogP contribution in [-0.4, -0.2) is 218 Å². The second-order valence-corrected chi connectivity index (χ2v) is 7.97. The molecule has 0 radical (unpaired) electrons. The van der Waals surface area contributed by atoms with E-state index in [0.29, 0.717) is 78.5 Å². The minimum absolute atomic E-state index is 0. The number of hydrogen-bond donors (Lipinski definition) is 8. The second-order valence-electron chi connectivity index (χ2n) is 7.97. The summed E-state index contributed by atoms with van der Waals surface area (Å²) >= 11 is 0. The summed E-state index contributed by atoms with van der Waals surface area (Å²) in [6, 6.07) is 0. The summed E-state index contributed by atoms with van der Waals surface area (Å²) in [6.45, 7) is 5.03. The first-order valence-electron chi connectivity index (χ1n) is 13.5. The standard InChI is InChI=1S/4C6H14NO3.Ti/c4*8-4-1-7(2-5-9)3-6-10;/h4*8-9H,1-6H2;/q4*-1;+4. The average Bonchev–Trinajstić information content (AvgIpc) is 2.92. The van der Waals surface area contributed by atoms with Gasteiger partial charge in [-0.05, 0) is 26.2 Å². The molecule has 0 aromatic rings. The molecule has 16 nitrogen and oxygen atoms in total. The van der Waals surface area contributed by atoms with Gasteiger partial charge in [0.1, 0.15) is 0 Å². The van der Waals surface area contributed by atoms with Crippen molar-refractivity contribution in [2.24, 2.45) is 0 Å². The summed E-state index contributed by atoms with van der Waals surface area (Å²) in [6.07, 6.45) is 0. The fraction of sp³-hybridized carbons (Fsp3) is 1.00. The fourth-order valence-electron chi connectivity index (χ4n) is 2.99. The molecule has 0 saturated carbocycles. The number of aliphatic hydroxyl groups excluding tert-OH is 8. The van der Waals surface area contributed by atoms with Crippen molar-refractivity contribution in [3.8, 4) is 0 Å². The van der Waals surface area contributed by atoms with Crippen LogP contribution in [0.4, 0.5) is 0 Å². The Labute approximate surface area is 260 Å². The van der Waals surface area contributed by atoms with Gasteiger partial charge in [-0.15, -0.1) is 26.4 Å². The summed E-state index contributed by atoms with van der Waals surface area (Å²) in [4.78, 5) is 6.92. The van der Waals surface area contributed by atoms with Crippen LogP contribution < -0.4 is 20.4 Å². The third-order valence-corrected chi connectivity index (χ3v) is 4.96. The maximum atomic E-state index is 10.1. The topological polar surface area (TPSA) is 267 Å². The summed E-state index contributed by atoms with van der Waals surface area (Å²) in [5, 5.41) is 108. The van der Waals surface area contributed by atoms with Gasteiger partial charge in [-0.3, -0.25) is 0 Å². The quantitative estimate of drug-likeness (QED) is 0.0455. The van der Waals surface area contributed by atoms with E-state index in [1.165, 1.54) is 0 Å². The summed E-state index contributed by atoms with van der Waals surface area (Å²) in [5.41, 5.74) is 0. The van der Waals surface area contributed by atoms with Gasteiger partial charge in [-0.1, -0.05) is 0 Å². The van der Waals surface area contributed by atoms with Crippen LogP contribution in [0.3, 0.4) is 0 Å². The summed E-state index contributed by atoms with van der Waals surface area (Å²) in [7, 11) is 0. The summed E-state index contributed by atoms with van der Waals surface area (Å²) < 4.78 is 0. The minimum Gasteiger partial charge on any atom is -0.854 e. The van der Waals surface area contributed by atoms with Gasteiger partial charge in [0.05, 0.1) is 52.9 Å². The number of nitrogens with zero attached hydrogens (tertiary/aromatic N) is 4. The maximum Gasteiger partial charge on any atom is 4.00 e. The van der Waals surface area contributed by atoms with Crippen LogP contribution in [0.15, 0.2) is 0 Å². The minimum atomic E-state index is -0.181. The zero-order valence-electron chi connectivity index (χ0n) is 24.5. The third kappa shape index (κ3) is 44.6. The summed E-state index contributed by atoms with van der Waals surface area (Å²) in [5.74, 6) is 0. The molecule has 0 rings (SSSR count). The Morgan fingerprint density at radius 2 is 0.390 bits per heavy atom. The van der Waals surface area contributed by atoms with E-state index in [1.54, 1.807) is 19.6 Å². The van der Waals surface area contributed by atoms with E-state index in [1.807, 2.05) is 0 Å². The molecule has 248 valence electrons. The molecule has 17 heteroatoms. The molecular formula is C24H56N4O12Ti. The predicted octanol–water partition coefficient (Wildman–Crippen LogP) is -9.47. The van der Waals surface area contributed by atoms with Crippen molar-refractivity contribution in [3.05, 3.63) is 0 Å². The van der Waals surface area contributed by atoms with Crippen LogP contribution in [0.1, 0.15) is 0 Å². The smallest absolute Gasteiger partial charge is 0.854 e. The molecule has 0 aromatic heterocycles. The molecule has 0 saturated heterocycles. The molecule has 0 unspecified atom stereocenters. The monoisotopic (exact) mass is 640 g/mol. The largest absolute Gasteiger partial charge is 4.00 e. The van der Waals surface area contributed by atoms with Crippen LogP contribution in [-0.2, 0) is 21.7 Å². The van der Waals surface area contributed by atoms with Crippen molar-refractivity contribution in [2.75, 3.05) is 158 Å². The molecule has 0 heterocycles. The van der Waals surface area contributed by atoms with Gasteiger partial charge in [0, 0.05) is 52.4 Å². The van der Waals surface area contributed by atoms with Gasteiger partial charge in [-0.25, -0.2) is 0 Å². The first-order valence-corrected chi connectivity index (χ1v) is 13.5. The number of aliphatic hydroxyl groups is 8. The van der Waals surface area contributed by atoms with E-state index < -0.39 is 0 Å². The van der Waals surface area contributed by atoms with Gasteiger partial charge in [0.15, 0.2) is 0 Å². The molecular weight excluding hydrogens is 584 g/mol. The molecule has 0 fully saturated rings.